The molecule has 0 unspecified atom stereocenters. The first kappa shape index (κ1) is 25.4. The van der Waals surface area contributed by atoms with Crippen molar-refractivity contribution in [2.24, 2.45) is 4.99 Å². The summed E-state index contributed by atoms with van der Waals surface area (Å²) < 4.78 is 17.7. The van der Waals surface area contributed by atoms with Crippen LogP contribution in [-0.2, 0) is 14.3 Å². The lowest BCUT2D eigenvalue weighted by atomic mass is 9.96. The van der Waals surface area contributed by atoms with E-state index in [9.17, 15) is 14.4 Å². The smallest absolute Gasteiger partial charge is 0.338 e. The van der Waals surface area contributed by atoms with Crippen molar-refractivity contribution in [3.8, 4) is 11.5 Å². The third-order valence-electron chi connectivity index (χ3n) is 5.46. The third kappa shape index (κ3) is 4.84. The summed E-state index contributed by atoms with van der Waals surface area (Å²) in [5, 5.41) is 0.416. The highest BCUT2D eigenvalue weighted by Gasteiger charge is 2.34. The van der Waals surface area contributed by atoms with Gasteiger partial charge >= 0.3 is 11.9 Å². The predicted molar refractivity (Wildman–Crippen MR) is 136 cm³/mol. The summed E-state index contributed by atoms with van der Waals surface area (Å²) in [5.41, 5.74) is 1.64. The molecule has 1 aliphatic heterocycles. The Morgan fingerprint density at radius 3 is 2.61 bits per heavy atom. The normalized spacial score (nSPS) is 15.2. The lowest BCUT2D eigenvalue weighted by Crippen LogP contribution is -2.40. The standard InChI is InChI=1S/C26H23ClN2O6S/c1-5-34-25(32)22-14(2)28-26-29(23(22)17-8-6-7-9-18(17)27)24(31)21(36-26)13-16-10-11-19(35-15(3)30)20(12-16)33-4/h6-13,23H,5H2,1-4H3/b21-13-/t23-/m0/s1. The van der Waals surface area contributed by atoms with E-state index >= 15 is 0 Å². The van der Waals surface area contributed by atoms with Crippen LogP contribution in [-0.4, -0.2) is 30.2 Å². The van der Waals surface area contributed by atoms with E-state index in [2.05, 4.69) is 4.99 Å². The van der Waals surface area contributed by atoms with Crippen LogP contribution in [0.1, 0.15) is 37.9 Å². The third-order valence-corrected chi connectivity index (χ3v) is 6.78. The van der Waals surface area contributed by atoms with Gasteiger partial charge in [-0.15, -0.1) is 0 Å². The van der Waals surface area contributed by atoms with Gasteiger partial charge in [-0.3, -0.25) is 14.2 Å². The second-order valence-electron chi connectivity index (χ2n) is 7.83. The number of rotatable bonds is 6. The minimum Gasteiger partial charge on any atom is -0.493 e. The molecule has 0 saturated heterocycles. The lowest BCUT2D eigenvalue weighted by molar-refractivity contribution is -0.139. The summed E-state index contributed by atoms with van der Waals surface area (Å²) in [6.45, 7) is 4.91. The van der Waals surface area contributed by atoms with Gasteiger partial charge in [0.2, 0.25) is 0 Å². The van der Waals surface area contributed by atoms with Crippen LogP contribution in [0.5, 0.6) is 11.5 Å². The lowest BCUT2D eigenvalue weighted by Gasteiger charge is -2.25. The molecule has 10 heteroatoms. The molecule has 0 N–H and O–H groups in total. The fourth-order valence-corrected chi connectivity index (χ4v) is 5.23. The summed E-state index contributed by atoms with van der Waals surface area (Å²) in [5.74, 6) is -0.399. The zero-order chi connectivity index (χ0) is 26.0. The number of ether oxygens (including phenoxy) is 3. The summed E-state index contributed by atoms with van der Waals surface area (Å²) in [7, 11) is 1.46. The zero-order valence-corrected chi connectivity index (χ0v) is 21.6. The summed E-state index contributed by atoms with van der Waals surface area (Å²) in [4.78, 5) is 43.0. The summed E-state index contributed by atoms with van der Waals surface area (Å²) in [6.07, 6.45) is 1.69. The number of benzene rings is 2. The SMILES string of the molecule is CCOC(=O)C1=C(C)N=c2s/c(=C\c3ccc(OC(C)=O)c(OC)c3)c(=O)n2[C@H]1c1ccccc1Cl. The van der Waals surface area contributed by atoms with E-state index in [-0.39, 0.29) is 23.5 Å². The number of fused-ring (bicyclic) bond motifs is 1. The Kier molecular flexibility index (Phi) is 7.42. The molecular formula is C26H23ClN2O6S. The van der Waals surface area contributed by atoms with Gasteiger partial charge in [-0.25, -0.2) is 9.79 Å². The Morgan fingerprint density at radius 2 is 1.94 bits per heavy atom. The molecule has 0 fully saturated rings. The number of thiazole rings is 1. The van der Waals surface area contributed by atoms with Crippen LogP contribution in [0, 0.1) is 0 Å². The van der Waals surface area contributed by atoms with Gasteiger partial charge in [-0.05, 0) is 49.2 Å². The molecule has 1 aliphatic rings. The quantitative estimate of drug-likeness (QED) is 0.361. The van der Waals surface area contributed by atoms with E-state index < -0.39 is 18.0 Å². The Hall–Kier alpha value is -3.69. The molecule has 2 aromatic carbocycles. The molecule has 0 aliphatic carbocycles. The van der Waals surface area contributed by atoms with Crippen molar-refractivity contribution in [3.05, 3.63) is 89.6 Å². The van der Waals surface area contributed by atoms with Gasteiger partial charge < -0.3 is 14.2 Å². The largest absolute Gasteiger partial charge is 0.493 e. The number of esters is 2. The number of carbonyl (C=O) groups is 2. The molecule has 0 radical (unpaired) electrons. The topological polar surface area (TPSA) is 96.2 Å². The van der Waals surface area contributed by atoms with Crippen molar-refractivity contribution in [3.63, 3.8) is 0 Å². The second kappa shape index (κ2) is 10.5. The first-order valence-corrected chi connectivity index (χ1v) is 12.2. The Morgan fingerprint density at radius 1 is 1.19 bits per heavy atom. The van der Waals surface area contributed by atoms with Gasteiger partial charge in [-0.2, -0.15) is 0 Å². The van der Waals surface area contributed by atoms with Gasteiger partial charge in [0.25, 0.3) is 5.56 Å². The predicted octanol–water partition coefficient (Wildman–Crippen LogP) is 3.39. The van der Waals surface area contributed by atoms with E-state index in [4.69, 9.17) is 25.8 Å². The van der Waals surface area contributed by atoms with E-state index in [0.29, 0.717) is 36.9 Å². The van der Waals surface area contributed by atoms with E-state index in [0.717, 1.165) is 0 Å². The molecule has 0 saturated carbocycles. The average Bonchev–Trinajstić information content (AvgIpc) is 3.13. The average molecular weight is 527 g/mol. The van der Waals surface area contributed by atoms with E-state index in [1.54, 1.807) is 62.4 Å². The molecule has 8 nitrogen and oxygen atoms in total. The molecule has 2 heterocycles. The Labute approximate surface area is 215 Å². The molecule has 1 atom stereocenters. The van der Waals surface area contributed by atoms with Crippen LogP contribution in [0.25, 0.3) is 6.08 Å². The molecule has 4 rings (SSSR count). The van der Waals surface area contributed by atoms with Gasteiger partial charge in [0, 0.05) is 11.9 Å². The monoisotopic (exact) mass is 526 g/mol. The van der Waals surface area contributed by atoms with Gasteiger partial charge in [-0.1, -0.05) is 47.2 Å². The van der Waals surface area contributed by atoms with Gasteiger partial charge in [0.1, 0.15) is 6.04 Å². The van der Waals surface area contributed by atoms with Crippen molar-refractivity contribution in [2.45, 2.75) is 26.8 Å². The van der Waals surface area contributed by atoms with E-state index in [1.165, 1.54) is 29.9 Å². The van der Waals surface area contributed by atoms with Crippen molar-refractivity contribution >= 4 is 41.0 Å². The number of methoxy groups -OCH3 is 1. The first-order valence-electron chi connectivity index (χ1n) is 11.1. The van der Waals surface area contributed by atoms with Crippen molar-refractivity contribution in [1.82, 2.24) is 4.57 Å². The van der Waals surface area contributed by atoms with Gasteiger partial charge in [0.15, 0.2) is 16.3 Å². The van der Waals surface area contributed by atoms with Crippen LogP contribution in [0.3, 0.4) is 0 Å². The summed E-state index contributed by atoms with van der Waals surface area (Å²) in [6, 6.07) is 11.2. The molecule has 3 aromatic rings. The summed E-state index contributed by atoms with van der Waals surface area (Å²) >= 11 is 7.71. The fourth-order valence-electron chi connectivity index (χ4n) is 3.95. The number of allylic oxidation sites excluding steroid dienone is 1. The highest BCUT2D eigenvalue weighted by Crippen LogP contribution is 2.34. The van der Waals surface area contributed by atoms with Crippen LogP contribution in [0.4, 0.5) is 0 Å². The molecule has 1 aromatic heterocycles. The second-order valence-corrected chi connectivity index (χ2v) is 9.24. The molecule has 0 spiro atoms. The molecule has 0 amide bonds. The molecular weight excluding hydrogens is 504 g/mol. The maximum atomic E-state index is 13.7. The fraction of sp³-hybridized carbons (Fsp3) is 0.231. The minimum atomic E-state index is -0.794. The maximum absolute atomic E-state index is 13.7. The minimum absolute atomic E-state index is 0.181. The number of aromatic nitrogens is 1. The highest BCUT2D eigenvalue weighted by atomic mass is 35.5. The van der Waals surface area contributed by atoms with Crippen molar-refractivity contribution < 1.29 is 23.8 Å². The van der Waals surface area contributed by atoms with Gasteiger partial charge in [0.05, 0.1) is 29.5 Å². The van der Waals surface area contributed by atoms with Crippen LogP contribution < -0.4 is 24.4 Å². The number of hydrogen-bond acceptors (Lipinski definition) is 8. The zero-order valence-electron chi connectivity index (χ0n) is 20.0. The number of halogens is 1. The number of nitrogens with zero attached hydrogens (tertiary/aromatic N) is 2. The van der Waals surface area contributed by atoms with Crippen molar-refractivity contribution in [1.29, 1.82) is 0 Å². The van der Waals surface area contributed by atoms with Crippen LogP contribution in [0.2, 0.25) is 5.02 Å². The van der Waals surface area contributed by atoms with Crippen LogP contribution in [0.15, 0.2) is 63.5 Å². The maximum Gasteiger partial charge on any atom is 0.338 e. The van der Waals surface area contributed by atoms with Crippen molar-refractivity contribution in [2.75, 3.05) is 13.7 Å². The van der Waals surface area contributed by atoms with E-state index in [1.807, 2.05) is 0 Å². The Balaban J connectivity index is 1.91. The number of hydrogen-bond donors (Lipinski definition) is 0. The Bertz CT molecular complexity index is 1570. The highest BCUT2D eigenvalue weighted by molar-refractivity contribution is 7.07. The molecule has 36 heavy (non-hydrogen) atoms. The molecule has 186 valence electrons. The first-order chi connectivity index (χ1) is 17.2. The number of carbonyl (C=O) groups excluding carboxylic acids is 2. The van der Waals surface area contributed by atoms with Crippen LogP contribution >= 0.6 is 22.9 Å². The molecule has 0 bridgehead atoms.